The molecule has 0 spiro atoms. The van der Waals surface area contributed by atoms with E-state index in [2.05, 4.69) is 0 Å². The molecule has 4 nitrogen and oxygen atoms in total. The van der Waals surface area contributed by atoms with Crippen molar-refractivity contribution in [3.63, 3.8) is 0 Å². The van der Waals surface area contributed by atoms with Crippen LogP contribution in [-0.2, 0) is 11.3 Å². The maximum Gasteiger partial charge on any atom is 0.261 e. The van der Waals surface area contributed by atoms with Gasteiger partial charge >= 0.3 is 0 Å². The molecule has 0 aromatic heterocycles. The maximum atomic E-state index is 11.9. The molecule has 1 aromatic carbocycles. The Morgan fingerprint density at radius 1 is 1.47 bits per heavy atom. The number of benzene rings is 1. The molecule has 0 heterocycles. The monoisotopic (exact) mass is 244 g/mol. The van der Waals surface area contributed by atoms with Crippen LogP contribution < -0.4 is 10.5 Å². The Morgan fingerprint density at radius 3 is 2.71 bits per heavy atom. The van der Waals surface area contributed by atoms with Gasteiger partial charge in [-0.2, -0.15) is 0 Å². The van der Waals surface area contributed by atoms with Gasteiger partial charge in [0.25, 0.3) is 6.43 Å². The van der Waals surface area contributed by atoms with Crippen molar-refractivity contribution in [3.05, 3.63) is 29.3 Å². The zero-order valence-electron chi connectivity index (χ0n) is 9.37. The lowest BCUT2D eigenvalue weighted by Gasteiger charge is -2.10. The Morgan fingerprint density at radius 2 is 2.18 bits per heavy atom. The minimum atomic E-state index is -2.48. The zero-order chi connectivity index (χ0) is 12.8. The zero-order valence-corrected chi connectivity index (χ0v) is 9.37. The van der Waals surface area contributed by atoms with Gasteiger partial charge in [-0.15, -0.1) is 0 Å². The Balaban J connectivity index is 2.72. The molecule has 0 bridgehead atoms. The largest absolute Gasteiger partial charge is 0.496 e. The first-order chi connectivity index (χ1) is 8.04. The van der Waals surface area contributed by atoms with E-state index < -0.39 is 13.0 Å². The maximum absolute atomic E-state index is 11.9. The Hall–Kier alpha value is -1.69. The van der Waals surface area contributed by atoms with E-state index in [4.69, 9.17) is 20.6 Å². The average Bonchev–Trinajstić information content (AvgIpc) is 2.28. The van der Waals surface area contributed by atoms with Crippen molar-refractivity contribution in [2.75, 3.05) is 13.7 Å². The van der Waals surface area contributed by atoms with Crippen molar-refractivity contribution in [3.8, 4) is 5.75 Å². The number of hydrogen-bond acceptors (Lipinski definition) is 3. The molecule has 94 valence electrons. The van der Waals surface area contributed by atoms with Gasteiger partial charge in [0.1, 0.15) is 18.2 Å². The average molecular weight is 244 g/mol. The summed E-state index contributed by atoms with van der Waals surface area (Å²) in [6, 6.07) is 4.87. The van der Waals surface area contributed by atoms with Gasteiger partial charge in [0, 0.05) is 0 Å². The number of ether oxygens (including phenoxy) is 2. The van der Waals surface area contributed by atoms with Crippen LogP contribution in [0.5, 0.6) is 5.75 Å². The number of rotatable bonds is 6. The minimum absolute atomic E-state index is 0.0683. The summed E-state index contributed by atoms with van der Waals surface area (Å²) in [5, 5.41) is 7.31. The van der Waals surface area contributed by atoms with Crippen LogP contribution in [-0.4, -0.2) is 26.0 Å². The predicted molar refractivity (Wildman–Crippen MR) is 59.7 cm³/mol. The van der Waals surface area contributed by atoms with Crippen LogP contribution in [0, 0.1) is 5.41 Å². The lowest BCUT2D eigenvalue weighted by Crippen LogP contribution is -2.13. The highest BCUT2D eigenvalue weighted by atomic mass is 19.3. The van der Waals surface area contributed by atoms with Crippen molar-refractivity contribution >= 4 is 5.84 Å². The van der Waals surface area contributed by atoms with E-state index >= 15 is 0 Å². The molecule has 1 rings (SSSR count). The topological polar surface area (TPSA) is 68.3 Å². The smallest absolute Gasteiger partial charge is 0.261 e. The van der Waals surface area contributed by atoms with Gasteiger partial charge in [-0.3, -0.25) is 5.41 Å². The number of hydrogen-bond donors (Lipinski definition) is 2. The van der Waals surface area contributed by atoms with Crippen molar-refractivity contribution in [1.82, 2.24) is 0 Å². The molecule has 0 aliphatic carbocycles. The van der Waals surface area contributed by atoms with Crippen molar-refractivity contribution in [1.29, 1.82) is 5.41 Å². The number of nitrogens with two attached hydrogens (primary N) is 1. The fourth-order valence-electron chi connectivity index (χ4n) is 1.31. The van der Waals surface area contributed by atoms with Crippen LogP contribution in [0.4, 0.5) is 8.78 Å². The fourth-order valence-corrected chi connectivity index (χ4v) is 1.31. The van der Waals surface area contributed by atoms with Gasteiger partial charge in [0.15, 0.2) is 0 Å². The first kappa shape index (κ1) is 13.4. The molecule has 0 atom stereocenters. The standard InChI is InChI=1S/C11H14F2N2O2/c1-16-9-4-7(5-17-6-10(12)13)2-3-8(9)11(14)15/h2-4,10H,5-6H2,1H3,(H3,14,15). The van der Waals surface area contributed by atoms with E-state index in [-0.39, 0.29) is 12.4 Å². The molecule has 0 aliphatic heterocycles. The highest BCUT2D eigenvalue weighted by Crippen LogP contribution is 2.20. The summed E-state index contributed by atoms with van der Waals surface area (Å²) in [6.45, 7) is -0.532. The number of nitrogens with one attached hydrogen (secondary N) is 1. The summed E-state index contributed by atoms with van der Waals surface area (Å²) in [4.78, 5) is 0. The van der Waals surface area contributed by atoms with Crippen LogP contribution in [0.1, 0.15) is 11.1 Å². The normalized spacial score (nSPS) is 10.6. The highest BCUT2D eigenvalue weighted by molar-refractivity contribution is 5.97. The van der Waals surface area contributed by atoms with Gasteiger partial charge in [0.2, 0.25) is 0 Å². The van der Waals surface area contributed by atoms with Gasteiger partial charge in [0.05, 0.1) is 19.3 Å². The van der Waals surface area contributed by atoms with E-state index in [0.717, 1.165) is 0 Å². The van der Waals surface area contributed by atoms with Crippen LogP contribution in [0.2, 0.25) is 0 Å². The molecule has 17 heavy (non-hydrogen) atoms. The van der Waals surface area contributed by atoms with Crippen LogP contribution in [0.25, 0.3) is 0 Å². The minimum Gasteiger partial charge on any atom is -0.496 e. The molecule has 0 amide bonds. The number of methoxy groups -OCH3 is 1. The Kier molecular flexibility index (Phi) is 4.84. The molecule has 3 N–H and O–H groups in total. The number of amidine groups is 1. The third kappa shape index (κ3) is 3.99. The van der Waals surface area contributed by atoms with Crippen LogP contribution in [0.15, 0.2) is 18.2 Å². The summed E-state index contributed by atoms with van der Waals surface area (Å²) in [6.07, 6.45) is -2.48. The molecule has 0 saturated heterocycles. The molecular formula is C11H14F2N2O2. The van der Waals surface area contributed by atoms with E-state index in [1.165, 1.54) is 7.11 Å². The van der Waals surface area contributed by atoms with E-state index in [1.54, 1.807) is 18.2 Å². The van der Waals surface area contributed by atoms with E-state index in [1.807, 2.05) is 0 Å². The van der Waals surface area contributed by atoms with E-state index in [0.29, 0.717) is 16.9 Å². The SMILES string of the molecule is COc1cc(COCC(F)F)ccc1C(=N)N. The second-order valence-electron chi connectivity index (χ2n) is 3.35. The van der Waals surface area contributed by atoms with Crippen LogP contribution in [0.3, 0.4) is 0 Å². The Bertz CT molecular complexity index is 397. The van der Waals surface area contributed by atoms with Gasteiger partial charge in [-0.1, -0.05) is 6.07 Å². The number of alkyl halides is 2. The van der Waals surface area contributed by atoms with Crippen molar-refractivity contribution in [2.45, 2.75) is 13.0 Å². The van der Waals surface area contributed by atoms with Gasteiger partial charge in [-0.25, -0.2) is 8.78 Å². The summed E-state index contributed by atoms with van der Waals surface area (Å²) < 4.78 is 33.6. The van der Waals surface area contributed by atoms with Gasteiger partial charge in [-0.05, 0) is 17.7 Å². The molecular weight excluding hydrogens is 230 g/mol. The van der Waals surface area contributed by atoms with Gasteiger partial charge < -0.3 is 15.2 Å². The third-order valence-corrected chi connectivity index (χ3v) is 2.07. The molecule has 0 fully saturated rings. The summed E-state index contributed by atoms with van der Waals surface area (Å²) in [5.41, 5.74) is 6.50. The lowest BCUT2D eigenvalue weighted by molar-refractivity contribution is 0.00984. The summed E-state index contributed by atoms with van der Waals surface area (Å²) in [7, 11) is 1.45. The molecule has 0 aliphatic rings. The van der Waals surface area contributed by atoms with Crippen molar-refractivity contribution in [2.24, 2.45) is 5.73 Å². The molecule has 1 aromatic rings. The molecule has 0 saturated carbocycles. The fraction of sp³-hybridized carbons (Fsp3) is 0.364. The van der Waals surface area contributed by atoms with Crippen LogP contribution >= 0.6 is 0 Å². The molecule has 0 unspecified atom stereocenters. The second-order valence-corrected chi connectivity index (χ2v) is 3.35. The highest BCUT2D eigenvalue weighted by Gasteiger charge is 2.08. The Labute approximate surface area is 97.8 Å². The summed E-state index contributed by atoms with van der Waals surface area (Å²) >= 11 is 0. The number of nitrogen functional groups attached to an aromatic ring is 1. The predicted octanol–water partition coefficient (Wildman–Crippen LogP) is 1.76. The third-order valence-electron chi connectivity index (χ3n) is 2.07. The lowest BCUT2D eigenvalue weighted by atomic mass is 10.1. The first-order valence-electron chi connectivity index (χ1n) is 4.91. The molecule has 0 radical (unpaired) electrons. The number of halogens is 2. The van der Waals surface area contributed by atoms with Crippen molar-refractivity contribution < 1.29 is 18.3 Å². The van der Waals surface area contributed by atoms with E-state index in [9.17, 15) is 8.78 Å². The summed E-state index contributed by atoms with van der Waals surface area (Å²) in [5.74, 6) is 0.317. The quantitative estimate of drug-likeness (QED) is 0.591. The second kappa shape index (κ2) is 6.15. The first-order valence-corrected chi connectivity index (χ1v) is 4.91. The molecule has 6 heteroatoms.